The highest BCUT2D eigenvalue weighted by Crippen LogP contribution is 2.21. The number of benzene rings is 1. The Morgan fingerprint density at radius 3 is 2.84 bits per heavy atom. The number of halogens is 1. The van der Waals surface area contributed by atoms with Gasteiger partial charge in [-0.1, -0.05) is 60.1 Å². The van der Waals surface area contributed by atoms with Crippen LogP contribution in [0.5, 0.6) is 5.19 Å². The molecule has 0 aliphatic rings. The van der Waals surface area contributed by atoms with E-state index in [0.29, 0.717) is 29.4 Å². The molecule has 2 aromatic rings. The Morgan fingerprint density at radius 1 is 1.32 bits per heavy atom. The first-order valence-electron chi connectivity index (χ1n) is 6.07. The largest absolute Gasteiger partial charge is 0.464 e. The van der Waals surface area contributed by atoms with Crippen LogP contribution in [0.2, 0.25) is 5.02 Å². The third kappa shape index (κ3) is 4.45. The van der Waals surface area contributed by atoms with Crippen molar-refractivity contribution in [1.82, 2.24) is 15.5 Å². The van der Waals surface area contributed by atoms with Gasteiger partial charge < -0.3 is 10.1 Å². The lowest BCUT2D eigenvalue weighted by molar-refractivity contribution is 0.302. The normalized spacial score (nSPS) is 10.9. The van der Waals surface area contributed by atoms with Crippen molar-refractivity contribution in [3.05, 3.63) is 39.9 Å². The standard InChI is InChI=1S/C13H16ClN3OS/c1-9(2)15-7-12-16-17-13(19-12)18-8-10-5-3-4-6-11(10)14/h3-6,9,15H,7-8H2,1-2H3. The number of ether oxygens (including phenoxy) is 1. The third-order valence-electron chi connectivity index (χ3n) is 2.42. The zero-order chi connectivity index (χ0) is 13.7. The smallest absolute Gasteiger partial charge is 0.294 e. The molecular formula is C13H16ClN3OS. The van der Waals surface area contributed by atoms with E-state index in [0.717, 1.165) is 10.6 Å². The van der Waals surface area contributed by atoms with Crippen molar-refractivity contribution in [3.8, 4) is 5.19 Å². The van der Waals surface area contributed by atoms with E-state index >= 15 is 0 Å². The lowest BCUT2D eigenvalue weighted by Crippen LogP contribution is -2.21. The number of hydrogen-bond acceptors (Lipinski definition) is 5. The van der Waals surface area contributed by atoms with Crippen LogP contribution < -0.4 is 10.1 Å². The van der Waals surface area contributed by atoms with Gasteiger partial charge in [0.1, 0.15) is 11.6 Å². The number of rotatable bonds is 6. The second kappa shape index (κ2) is 6.84. The number of hydrogen-bond donors (Lipinski definition) is 1. The second-order valence-corrected chi connectivity index (χ2v) is 5.81. The Labute approximate surface area is 121 Å². The van der Waals surface area contributed by atoms with Gasteiger partial charge in [-0.05, 0) is 6.07 Å². The third-order valence-corrected chi connectivity index (χ3v) is 3.62. The van der Waals surface area contributed by atoms with Gasteiger partial charge in [0.2, 0.25) is 0 Å². The highest BCUT2D eigenvalue weighted by molar-refractivity contribution is 7.13. The summed E-state index contributed by atoms with van der Waals surface area (Å²) < 4.78 is 5.59. The summed E-state index contributed by atoms with van der Waals surface area (Å²) >= 11 is 7.51. The molecule has 2 rings (SSSR count). The molecule has 0 atom stereocenters. The highest BCUT2D eigenvalue weighted by Gasteiger charge is 2.07. The maximum Gasteiger partial charge on any atom is 0.294 e. The van der Waals surface area contributed by atoms with Crippen molar-refractivity contribution in [1.29, 1.82) is 0 Å². The van der Waals surface area contributed by atoms with E-state index in [4.69, 9.17) is 16.3 Å². The number of nitrogens with zero attached hydrogens (tertiary/aromatic N) is 2. The highest BCUT2D eigenvalue weighted by atomic mass is 35.5. The maximum absolute atomic E-state index is 6.06. The van der Waals surface area contributed by atoms with E-state index in [-0.39, 0.29) is 0 Å². The van der Waals surface area contributed by atoms with Gasteiger partial charge in [-0.3, -0.25) is 0 Å². The molecule has 0 saturated carbocycles. The van der Waals surface area contributed by atoms with Gasteiger partial charge >= 0.3 is 0 Å². The lowest BCUT2D eigenvalue weighted by atomic mass is 10.2. The van der Waals surface area contributed by atoms with Gasteiger partial charge in [-0.25, -0.2) is 0 Å². The molecule has 0 fully saturated rings. The van der Waals surface area contributed by atoms with Crippen LogP contribution in [-0.2, 0) is 13.2 Å². The fraction of sp³-hybridized carbons (Fsp3) is 0.385. The topological polar surface area (TPSA) is 47.0 Å². The van der Waals surface area contributed by atoms with Crippen LogP contribution in [0.25, 0.3) is 0 Å². The van der Waals surface area contributed by atoms with E-state index in [1.165, 1.54) is 11.3 Å². The lowest BCUT2D eigenvalue weighted by Gasteiger charge is -2.04. The van der Waals surface area contributed by atoms with Gasteiger partial charge in [0.25, 0.3) is 5.19 Å². The minimum atomic E-state index is 0.409. The van der Waals surface area contributed by atoms with Crippen molar-refractivity contribution in [2.45, 2.75) is 33.0 Å². The van der Waals surface area contributed by atoms with Gasteiger partial charge in [-0.15, -0.1) is 5.10 Å². The summed E-state index contributed by atoms with van der Waals surface area (Å²) in [6.45, 7) is 5.31. The molecule has 102 valence electrons. The van der Waals surface area contributed by atoms with Crippen LogP contribution in [0.15, 0.2) is 24.3 Å². The molecule has 1 heterocycles. The fourth-order valence-electron chi connectivity index (χ4n) is 1.41. The van der Waals surface area contributed by atoms with Gasteiger partial charge in [0.05, 0.1) is 6.54 Å². The molecule has 6 heteroatoms. The Kier molecular flexibility index (Phi) is 5.13. The molecule has 0 aliphatic heterocycles. The molecule has 0 bridgehead atoms. The second-order valence-electron chi connectivity index (χ2n) is 4.38. The predicted octanol–water partition coefficient (Wildman–Crippen LogP) is 3.27. The molecule has 1 aromatic heterocycles. The first-order chi connectivity index (χ1) is 9.15. The number of aromatic nitrogens is 2. The quantitative estimate of drug-likeness (QED) is 0.889. The van der Waals surface area contributed by atoms with E-state index in [9.17, 15) is 0 Å². The average Bonchev–Trinajstić information content (AvgIpc) is 2.83. The van der Waals surface area contributed by atoms with Crippen LogP contribution in [0, 0.1) is 0 Å². The van der Waals surface area contributed by atoms with Crippen molar-refractivity contribution < 1.29 is 4.74 Å². The van der Waals surface area contributed by atoms with E-state index < -0.39 is 0 Å². The molecule has 1 N–H and O–H groups in total. The zero-order valence-electron chi connectivity index (χ0n) is 10.9. The molecule has 0 radical (unpaired) electrons. The molecule has 1 aromatic carbocycles. The molecule has 0 saturated heterocycles. The van der Waals surface area contributed by atoms with Gasteiger partial charge in [0.15, 0.2) is 0 Å². The summed E-state index contributed by atoms with van der Waals surface area (Å²) in [6, 6.07) is 8.04. The Hall–Kier alpha value is -1.17. The van der Waals surface area contributed by atoms with Crippen LogP contribution in [0.3, 0.4) is 0 Å². The minimum Gasteiger partial charge on any atom is -0.464 e. The molecule has 0 amide bonds. The molecule has 19 heavy (non-hydrogen) atoms. The molecular weight excluding hydrogens is 282 g/mol. The van der Waals surface area contributed by atoms with Gasteiger partial charge in [-0.2, -0.15) is 0 Å². The van der Waals surface area contributed by atoms with Crippen LogP contribution in [0.4, 0.5) is 0 Å². The minimum absolute atomic E-state index is 0.409. The maximum atomic E-state index is 6.06. The van der Waals surface area contributed by atoms with Crippen molar-refractivity contribution >= 4 is 22.9 Å². The summed E-state index contributed by atoms with van der Waals surface area (Å²) in [5.74, 6) is 0. The molecule has 4 nitrogen and oxygen atoms in total. The van der Waals surface area contributed by atoms with Crippen molar-refractivity contribution in [2.24, 2.45) is 0 Å². The predicted molar refractivity (Wildman–Crippen MR) is 77.7 cm³/mol. The molecule has 0 aliphatic carbocycles. The van der Waals surface area contributed by atoms with Crippen LogP contribution >= 0.6 is 22.9 Å². The number of nitrogens with one attached hydrogen (secondary N) is 1. The van der Waals surface area contributed by atoms with E-state index in [1.807, 2.05) is 24.3 Å². The van der Waals surface area contributed by atoms with E-state index in [1.54, 1.807) is 0 Å². The van der Waals surface area contributed by atoms with E-state index in [2.05, 4.69) is 29.4 Å². The SMILES string of the molecule is CC(C)NCc1nnc(OCc2ccccc2Cl)s1. The van der Waals surface area contributed by atoms with Crippen LogP contribution in [0.1, 0.15) is 24.4 Å². The summed E-state index contributed by atoms with van der Waals surface area (Å²) in [7, 11) is 0. The Bertz CT molecular complexity index is 530. The zero-order valence-corrected chi connectivity index (χ0v) is 12.5. The van der Waals surface area contributed by atoms with Gasteiger partial charge in [0, 0.05) is 16.6 Å². The van der Waals surface area contributed by atoms with Crippen LogP contribution in [-0.4, -0.2) is 16.2 Å². The monoisotopic (exact) mass is 297 g/mol. The molecule has 0 spiro atoms. The summed E-state index contributed by atoms with van der Waals surface area (Å²) in [4.78, 5) is 0. The summed E-state index contributed by atoms with van der Waals surface area (Å²) in [5, 5.41) is 13.6. The first-order valence-corrected chi connectivity index (χ1v) is 7.26. The average molecular weight is 298 g/mol. The Morgan fingerprint density at radius 2 is 2.11 bits per heavy atom. The fourth-order valence-corrected chi connectivity index (χ4v) is 2.24. The summed E-state index contributed by atoms with van der Waals surface area (Å²) in [6.07, 6.45) is 0. The summed E-state index contributed by atoms with van der Waals surface area (Å²) in [5.41, 5.74) is 0.946. The molecule has 0 unspecified atom stereocenters. The van der Waals surface area contributed by atoms with Crippen molar-refractivity contribution in [3.63, 3.8) is 0 Å². The van der Waals surface area contributed by atoms with Crippen molar-refractivity contribution in [2.75, 3.05) is 0 Å². The Balaban J connectivity index is 1.88. The first kappa shape index (κ1) is 14.2.